The van der Waals surface area contributed by atoms with Crippen LogP contribution in [0.4, 0.5) is 0 Å². The van der Waals surface area contributed by atoms with Gasteiger partial charge in [-0.3, -0.25) is 4.90 Å². The van der Waals surface area contributed by atoms with Gasteiger partial charge in [-0.15, -0.1) is 6.42 Å². The zero-order valence-electron chi connectivity index (χ0n) is 13.2. The maximum Gasteiger partial charge on any atom is 0.178 e. The number of hydrogen-bond acceptors (Lipinski definition) is 4. The summed E-state index contributed by atoms with van der Waals surface area (Å²) in [7, 11) is -3.16. The summed E-state index contributed by atoms with van der Waals surface area (Å²) in [5, 5.41) is 0. The Morgan fingerprint density at radius 3 is 2.27 bits per heavy atom. The second-order valence-electron chi connectivity index (χ2n) is 5.81. The van der Waals surface area contributed by atoms with Gasteiger partial charge < -0.3 is 4.90 Å². The maximum absolute atomic E-state index is 12.3. The standard InChI is InChI=1S/C17H24N2O2S/c1-3-9-18-11-13-19(14-12-18)10-4-15-22(20,21)17-7-5-16(2)6-8-17/h1,5-8H,4,9-15H2,2H3. The number of hydrogen-bond donors (Lipinski definition) is 0. The van der Waals surface area contributed by atoms with Crippen molar-refractivity contribution in [2.75, 3.05) is 45.0 Å². The van der Waals surface area contributed by atoms with Crippen molar-refractivity contribution < 1.29 is 8.42 Å². The number of rotatable bonds is 6. The molecule has 0 bridgehead atoms. The molecule has 2 rings (SSSR count). The smallest absolute Gasteiger partial charge is 0.178 e. The van der Waals surface area contributed by atoms with Gasteiger partial charge >= 0.3 is 0 Å². The Morgan fingerprint density at radius 1 is 1.09 bits per heavy atom. The van der Waals surface area contributed by atoms with Crippen molar-refractivity contribution in [1.82, 2.24) is 9.80 Å². The minimum atomic E-state index is -3.16. The molecule has 4 nitrogen and oxygen atoms in total. The van der Waals surface area contributed by atoms with Crippen LogP contribution in [0, 0.1) is 19.3 Å². The lowest BCUT2D eigenvalue weighted by Gasteiger charge is -2.33. The molecule has 0 atom stereocenters. The van der Waals surface area contributed by atoms with Crippen molar-refractivity contribution in [3.63, 3.8) is 0 Å². The third-order valence-corrected chi connectivity index (χ3v) is 5.86. The molecule has 1 heterocycles. The quantitative estimate of drug-likeness (QED) is 0.743. The molecule has 0 amide bonds. The highest BCUT2D eigenvalue weighted by molar-refractivity contribution is 7.91. The number of terminal acetylenes is 1. The molecule has 0 saturated carbocycles. The van der Waals surface area contributed by atoms with Crippen molar-refractivity contribution in [3.8, 4) is 12.3 Å². The van der Waals surface area contributed by atoms with Crippen LogP contribution in [0.1, 0.15) is 12.0 Å². The molecule has 22 heavy (non-hydrogen) atoms. The molecule has 0 aromatic heterocycles. The van der Waals surface area contributed by atoms with Crippen LogP contribution in [-0.2, 0) is 9.84 Å². The Balaban J connectivity index is 1.77. The van der Waals surface area contributed by atoms with Crippen molar-refractivity contribution in [2.45, 2.75) is 18.2 Å². The predicted octanol–water partition coefficient (Wildman–Crippen LogP) is 1.41. The number of nitrogens with zero attached hydrogens (tertiary/aromatic N) is 2. The number of sulfone groups is 1. The molecule has 1 aromatic rings. The van der Waals surface area contributed by atoms with E-state index in [0.29, 0.717) is 17.9 Å². The third kappa shape index (κ3) is 4.84. The zero-order chi connectivity index (χ0) is 16.0. The van der Waals surface area contributed by atoms with Gasteiger partial charge in [0.1, 0.15) is 0 Å². The maximum atomic E-state index is 12.3. The minimum absolute atomic E-state index is 0.209. The molecule has 1 saturated heterocycles. The summed E-state index contributed by atoms with van der Waals surface area (Å²) in [6.45, 7) is 7.35. The normalized spacial score (nSPS) is 17.3. The van der Waals surface area contributed by atoms with Gasteiger partial charge in [-0.05, 0) is 32.0 Å². The number of aryl methyl sites for hydroxylation is 1. The summed E-state index contributed by atoms with van der Waals surface area (Å²) in [6, 6.07) is 7.09. The average molecular weight is 320 g/mol. The predicted molar refractivity (Wildman–Crippen MR) is 89.6 cm³/mol. The zero-order valence-corrected chi connectivity index (χ0v) is 14.0. The fourth-order valence-corrected chi connectivity index (χ4v) is 3.94. The molecular formula is C17H24N2O2S. The van der Waals surface area contributed by atoms with Gasteiger partial charge in [0.25, 0.3) is 0 Å². The van der Waals surface area contributed by atoms with Gasteiger partial charge in [0.15, 0.2) is 9.84 Å². The molecule has 5 heteroatoms. The summed E-state index contributed by atoms with van der Waals surface area (Å²) in [5.74, 6) is 2.87. The highest BCUT2D eigenvalue weighted by atomic mass is 32.2. The van der Waals surface area contributed by atoms with Gasteiger partial charge in [0, 0.05) is 26.2 Å². The summed E-state index contributed by atoms with van der Waals surface area (Å²) in [5.41, 5.74) is 1.07. The third-order valence-electron chi connectivity index (χ3n) is 4.05. The minimum Gasteiger partial charge on any atom is -0.301 e. The first-order chi connectivity index (χ1) is 10.5. The van der Waals surface area contributed by atoms with E-state index in [2.05, 4.69) is 15.7 Å². The highest BCUT2D eigenvalue weighted by Crippen LogP contribution is 2.13. The van der Waals surface area contributed by atoms with Gasteiger partial charge in [-0.1, -0.05) is 23.6 Å². The van der Waals surface area contributed by atoms with Crippen molar-refractivity contribution in [2.24, 2.45) is 0 Å². The molecule has 0 radical (unpaired) electrons. The van der Waals surface area contributed by atoms with Crippen molar-refractivity contribution in [3.05, 3.63) is 29.8 Å². The van der Waals surface area contributed by atoms with Crippen LogP contribution >= 0.6 is 0 Å². The molecule has 0 spiro atoms. The Kier molecular flexibility index (Phi) is 6.01. The van der Waals surface area contributed by atoms with E-state index in [-0.39, 0.29) is 5.75 Å². The Labute approximate surface area is 134 Å². The van der Waals surface area contributed by atoms with E-state index in [1.54, 1.807) is 12.1 Å². The van der Waals surface area contributed by atoms with Gasteiger partial charge in [0.2, 0.25) is 0 Å². The lowest BCUT2D eigenvalue weighted by Crippen LogP contribution is -2.46. The molecule has 120 valence electrons. The Bertz CT molecular complexity index is 609. The van der Waals surface area contributed by atoms with Crippen LogP contribution in [0.25, 0.3) is 0 Å². The van der Waals surface area contributed by atoms with E-state index >= 15 is 0 Å². The fourth-order valence-electron chi connectivity index (χ4n) is 2.64. The van der Waals surface area contributed by atoms with E-state index in [4.69, 9.17) is 6.42 Å². The Hall–Kier alpha value is -1.35. The van der Waals surface area contributed by atoms with Crippen LogP contribution in [0.5, 0.6) is 0 Å². The summed E-state index contributed by atoms with van der Waals surface area (Å²) in [6.07, 6.45) is 5.99. The highest BCUT2D eigenvalue weighted by Gasteiger charge is 2.18. The fraction of sp³-hybridized carbons (Fsp3) is 0.529. The van der Waals surface area contributed by atoms with Gasteiger partial charge in [-0.25, -0.2) is 8.42 Å². The monoisotopic (exact) mass is 320 g/mol. The van der Waals surface area contributed by atoms with Crippen molar-refractivity contribution in [1.29, 1.82) is 0 Å². The SMILES string of the molecule is C#CCN1CCN(CCCS(=O)(=O)c2ccc(C)cc2)CC1. The van der Waals surface area contributed by atoms with Crippen LogP contribution in [0.15, 0.2) is 29.2 Å². The second-order valence-corrected chi connectivity index (χ2v) is 7.92. The first kappa shape index (κ1) is 17.0. The van der Waals surface area contributed by atoms with Gasteiger partial charge in [0.05, 0.1) is 17.2 Å². The van der Waals surface area contributed by atoms with Crippen LogP contribution in [0.3, 0.4) is 0 Å². The summed E-state index contributed by atoms with van der Waals surface area (Å²) < 4.78 is 24.5. The van der Waals surface area contributed by atoms with E-state index in [0.717, 1.165) is 38.3 Å². The summed E-state index contributed by atoms with van der Waals surface area (Å²) in [4.78, 5) is 4.99. The first-order valence-electron chi connectivity index (χ1n) is 7.69. The van der Waals surface area contributed by atoms with E-state index in [1.807, 2.05) is 19.1 Å². The van der Waals surface area contributed by atoms with E-state index < -0.39 is 9.84 Å². The van der Waals surface area contributed by atoms with Crippen molar-refractivity contribution >= 4 is 9.84 Å². The first-order valence-corrected chi connectivity index (χ1v) is 9.34. The lowest BCUT2D eigenvalue weighted by molar-refractivity contribution is 0.144. The lowest BCUT2D eigenvalue weighted by atomic mass is 10.2. The largest absolute Gasteiger partial charge is 0.301 e. The molecule has 0 aliphatic carbocycles. The average Bonchev–Trinajstić information content (AvgIpc) is 2.50. The van der Waals surface area contributed by atoms with Crippen LogP contribution in [0.2, 0.25) is 0 Å². The van der Waals surface area contributed by atoms with E-state index in [9.17, 15) is 8.42 Å². The molecule has 1 aromatic carbocycles. The Morgan fingerprint density at radius 2 is 1.68 bits per heavy atom. The van der Waals surface area contributed by atoms with Crippen LogP contribution in [-0.4, -0.2) is 63.2 Å². The number of piperazine rings is 1. The second kappa shape index (κ2) is 7.77. The molecule has 1 aliphatic heterocycles. The molecular weight excluding hydrogens is 296 g/mol. The molecule has 0 unspecified atom stereocenters. The molecule has 1 aliphatic rings. The van der Waals surface area contributed by atoms with E-state index in [1.165, 1.54) is 0 Å². The molecule has 0 N–H and O–H groups in total. The van der Waals surface area contributed by atoms with Gasteiger partial charge in [-0.2, -0.15) is 0 Å². The topological polar surface area (TPSA) is 40.6 Å². The summed E-state index contributed by atoms with van der Waals surface area (Å²) >= 11 is 0. The van der Waals surface area contributed by atoms with Crippen LogP contribution < -0.4 is 0 Å². The molecule has 1 fully saturated rings. The number of benzene rings is 1.